The number of alkyl halides is 3. The lowest BCUT2D eigenvalue weighted by Gasteiger charge is -2.02. The lowest BCUT2D eigenvalue weighted by atomic mass is 10.9. The van der Waals surface area contributed by atoms with Crippen molar-refractivity contribution >= 4 is 18.1 Å². The monoisotopic (exact) mass is 286 g/mol. The average molecular weight is 286 g/mol. The van der Waals surface area contributed by atoms with E-state index in [9.17, 15) is 26.2 Å². The first kappa shape index (κ1) is 18.3. The SMILES string of the molecule is CCO[PH](=O)CC.COS(=O)(=O)C(F)(F)F. The second-order valence-electron chi connectivity index (χ2n) is 2.23. The summed E-state index contributed by atoms with van der Waals surface area (Å²) in [6, 6.07) is 0. The minimum Gasteiger partial charge on any atom is -0.331 e. The summed E-state index contributed by atoms with van der Waals surface area (Å²) in [5.74, 6) is 0. The third-order valence-electron chi connectivity index (χ3n) is 1.10. The maximum Gasteiger partial charge on any atom is 0.523 e. The van der Waals surface area contributed by atoms with Crippen LogP contribution in [0.4, 0.5) is 13.2 Å². The minimum atomic E-state index is -5.34. The van der Waals surface area contributed by atoms with E-state index < -0.39 is 23.7 Å². The first-order valence-corrected chi connectivity index (χ1v) is 7.08. The van der Waals surface area contributed by atoms with Crippen LogP contribution in [0.15, 0.2) is 0 Å². The minimum absolute atomic E-state index is 0.447. The van der Waals surface area contributed by atoms with Crippen LogP contribution in [0.1, 0.15) is 13.8 Å². The van der Waals surface area contributed by atoms with Gasteiger partial charge in [0.15, 0.2) is 8.03 Å². The maximum atomic E-state index is 11.1. The molecule has 5 nitrogen and oxygen atoms in total. The Kier molecular flexibility index (Phi) is 9.19. The van der Waals surface area contributed by atoms with Crippen molar-refractivity contribution < 1.29 is 34.9 Å². The van der Waals surface area contributed by atoms with Gasteiger partial charge in [-0.2, -0.15) is 21.6 Å². The number of hydrogen-bond donors (Lipinski definition) is 0. The lowest BCUT2D eigenvalue weighted by Crippen LogP contribution is -2.23. The molecule has 0 bridgehead atoms. The molecule has 100 valence electrons. The number of hydrogen-bond acceptors (Lipinski definition) is 5. The highest BCUT2D eigenvalue weighted by atomic mass is 32.2. The summed E-state index contributed by atoms with van der Waals surface area (Å²) in [6.07, 6.45) is 0.665. The second-order valence-corrected chi connectivity index (χ2v) is 5.67. The van der Waals surface area contributed by atoms with Crippen molar-refractivity contribution in [3.8, 4) is 0 Å². The molecule has 0 radical (unpaired) electrons. The van der Waals surface area contributed by atoms with Crippen LogP contribution in [0.5, 0.6) is 0 Å². The molecule has 10 heteroatoms. The van der Waals surface area contributed by atoms with Crippen molar-refractivity contribution in [2.24, 2.45) is 0 Å². The molecule has 0 heterocycles. The second kappa shape index (κ2) is 8.05. The molecule has 0 N–H and O–H groups in total. The molecule has 16 heavy (non-hydrogen) atoms. The fourth-order valence-electron chi connectivity index (χ4n) is 0.358. The highest BCUT2D eigenvalue weighted by molar-refractivity contribution is 7.87. The van der Waals surface area contributed by atoms with E-state index in [-0.39, 0.29) is 0 Å². The van der Waals surface area contributed by atoms with Crippen LogP contribution in [0.2, 0.25) is 0 Å². The van der Waals surface area contributed by atoms with Gasteiger partial charge < -0.3 is 4.52 Å². The van der Waals surface area contributed by atoms with Crippen LogP contribution in [0.25, 0.3) is 0 Å². The van der Waals surface area contributed by atoms with Crippen LogP contribution >= 0.6 is 8.03 Å². The Morgan fingerprint density at radius 1 is 1.25 bits per heavy atom. The van der Waals surface area contributed by atoms with Crippen LogP contribution in [0.3, 0.4) is 0 Å². The zero-order valence-corrected chi connectivity index (χ0v) is 10.8. The van der Waals surface area contributed by atoms with Crippen molar-refractivity contribution in [2.45, 2.75) is 19.4 Å². The largest absolute Gasteiger partial charge is 0.523 e. The van der Waals surface area contributed by atoms with Gasteiger partial charge in [-0.1, -0.05) is 6.92 Å². The molecule has 0 fully saturated rings. The third kappa shape index (κ3) is 8.09. The zero-order chi connectivity index (χ0) is 13.4. The fourth-order valence-corrected chi connectivity index (χ4v) is 1.07. The molecule has 0 aliphatic rings. The van der Waals surface area contributed by atoms with Crippen molar-refractivity contribution in [3.05, 3.63) is 0 Å². The van der Waals surface area contributed by atoms with Crippen LogP contribution in [0, 0.1) is 0 Å². The molecule has 0 aromatic carbocycles. The standard InChI is InChI=1S/C4H11O2P.C2H3F3O3S/c1-3-6-7(5)4-2;1-8-9(6,7)2(3,4)5/h7H,3-4H2,1-2H3;1H3. The predicted octanol–water partition coefficient (Wildman–Crippen LogP) is 2.00. The summed E-state index contributed by atoms with van der Waals surface area (Å²) in [6.45, 7) is 4.28. The van der Waals surface area contributed by atoms with E-state index in [1.54, 1.807) is 0 Å². The van der Waals surface area contributed by atoms with Crippen LogP contribution in [-0.4, -0.2) is 33.8 Å². The summed E-state index contributed by atoms with van der Waals surface area (Å²) in [4.78, 5) is 0. The van der Waals surface area contributed by atoms with Crippen molar-refractivity contribution in [1.82, 2.24) is 0 Å². The molecular formula is C6H14F3O5PS. The first-order chi connectivity index (χ1) is 7.12. The normalized spacial score (nSPS) is 13.9. The highest BCUT2D eigenvalue weighted by Crippen LogP contribution is 2.23. The van der Waals surface area contributed by atoms with Gasteiger partial charge >= 0.3 is 15.6 Å². The van der Waals surface area contributed by atoms with Crippen LogP contribution < -0.4 is 0 Å². The van der Waals surface area contributed by atoms with E-state index in [0.717, 1.165) is 0 Å². The van der Waals surface area contributed by atoms with Gasteiger partial charge in [-0.15, -0.1) is 0 Å². The van der Waals surface area contributed by atoms with Gasteiger partial charge in [-0.25, -0.2) is 0 Å². The molecule has 0 spiro atoms. The Hall–Kier alpha value is -0.110. The van der Waals surface area contributed by atoms with Gasteiger partial charge in [-0.05, 0) is 6.92 Å². The molecule has 0 aliphatic carbocycles. The van der Waals surface area contributed by atoms with Crippen LogP contribution in [-0.2, 0) is 23.4 Å². The molecule has 1 unspecified atom stereocenters. The smallest absolute Gasteiger partial charge is 0.331 e. The number of rotatable bonds is 4. The van der Waals surface area contributed by atoms with Crippen molar-refractivity contribution in [2.75, 3.05) is 19.9 Å². The summed E-state index contributed by atoms with van der Waals surface area (Å²) in [5, 5.41) is 0. The number of halogens is 3. The molecule has 0 saturated heterocycles. The Morgan fingerprint density at radius 2 is 1.69 bits per heavy atom. The predicted molar refractivity (Wildman–Crippen MR) is 53.2 cm³/mol. The summed E-state index contributed by atoms with van der Waals surface area (Å²) >= 11 is 0. The summed E-state index contributed by atoms with van der Waals surface area (Å²) in [5.41, 5.74) is -5.30. The van der Waals surface area contributed by atoms with E-state index in [1.165, 1.54) is 0 Å². The molecule has 0 saturated carbocycles. The van der Waals surface area contributed by atoms with Gasteiger partial charge in [-0.3, -0.25) is 8.75 Å². The Bertz CT molecular complexity index is 300. The summed E-state index contributed by atoms with van der Waals surface area (Å²) < 4.78 is 71.0. The Balaban J connectivity index is 0. The molecule has 0 aromatic rings. The van der Waals surface area contributed by atoms with E-state index in [1.807, 2.05) is 13.8 Å². The quantitative estimate of drug-likeness (QED) is 0.449. The fraction of sp³-hybridized carbons (Fsp3) is 1.00. The van der Waals surface area contributed by atoms with Gasteiger partial charge in [0.25, 0.3) is 0 Å². The summed E-state index contributed by atoms with van der Waals surface area (Å²) in [7, 11) is -6.52. The first-order valence-electron chi connectivity index (χ1n) is 4.14. The van der Waals surface area contributed by atoms with Gasteiger partial charge in [0, 0.05) is 6.16 Å². The maximum absolute atomic E-state index is 11.1. The topological polar surface area (TPSA) is 69.7 Å². The van der Waals surface area contributed by atoms with Crippen molar-refractivity contribution in [3.63, 3.8) is 0 Å². The molecule has 1 atom stereocenters. The van der Waals surface area contributed by atoms with E-state index in [2.05, 4.69) is 4.18 Å². The lowest BCUT2D eigenvalue weighted by molar-refractivity contribution is -0.0526. The molecule has 0 aromatic heterocycles. The van der Waals surface area contributed by atoms with E-state index in [0.29, 0.717) is 19.9 Å². The van der Waals surface area contributed by atoms with Gasteiger partial charge in [0.2, 0.25) is 0 Å². The molecule has 0 aliphatic heterocycles. The van der Waals surface area contributed by atoms with Crippen molar-refractivity contribution in [1.29, 1.82) is 0 Å². The molecular weight excluding hydrogens is 272 g/mol. The average Bonchev–Trinajstić information content (AvgIpc) is 2.17. The van der Waals surface area contributed by atoms with E-state index >= 15 is 0 Å². The van der Waals surface area contributed by atoms with Gasteiger partial charge in [0.05, 0.1) is 13.7 Å². The molecule has 0 rings (SSSR count). The zero-order valence-electron chi connectivity index (χ0n) is 9.00. The van der Waals surface area contributed by atoms with E-state index in [4.69, 9.17) is 4.52 Å². The third-order valence-corrected chi connectivity index (χ3v) is 3.29. The Morgan fingerprint density at radius 3 is 1.75 bits per heavy atom. The Labute approximate surface area is 92.9 Å². The van der Waals surface area contributed by atoms with Gasteiger partial charge in [0.1, 0.15) is 0 Å². The molecule has 0 amide bonds. The highest BCUT2D eigenvalue weighted by Gasteiger charge is 2.46.